The predicted octanol–water partition coefficient (Wildman–Crippen LogP) is 2.25. The fourth-order valence-corrected chi connectivity index (χ4v) is 2.62. The number of hydrogen-bond donors (Lipinski definition) is 0. The molecule has 7 nitrogen and oxygen atoms in total. The van der Waals surface area contributed by atoms with E-state index in [1.165, 1.54) is 12.1 Å². The zero-order valence-corrected chi connectivity index (χ0v) is 12.3. The Bertz CT molecular complexity index is 616. The molecule has 0 spiro atoms. The number of non-ortho nitro benzene ring substituents is 1. The topological polar surface area (TPSA) is 96.5 Å². The van der Waals surface area contributed by atoms with Gasteiger partial charge in [-0.15, -0.1) is 0 Å². The van der Waals surface area contributed by atoms with Gasteiger partial charge >= 0.3 is 5.97 Å². The van der Waals surface area contributed by atoms with Gasteiger partial charge in [0.15, 0.2) is 0 Å². The molecule has 0 radical (unpaired) electrons. The minimum absolute atomic E-state index is 0.0956. The molecule has 1 saturated heterocycles. The highest BCUT2D eigenvalue weighted by Crippen LogP contribution is 2.29. The van der Waals surface area contributed by atoms with Crippen LogP contribution in [0.15, 0.2) is 18.2 Å². The first-order chi connectivity index (χ1) is 10.6. The van der Waals surface area contributed by atoms with E-state index in [0.717, 1.165) is 0 Å². The van der Waals surface area contributed by atoms with E-state index in [9.17, 15) is 20.2 Å². The van der Waals surface area contributed by atoms with Crippen LogP contribution < -0.4 is 4.90 Å². The lowest BCUT2D eigenvalue weighted by molar-refractivity contribution is -0.384. The Morgan fingerprint density at radius 1 is 1.50 bits per heavy atom. The molecule has 0 amide bonds. The first kappa shape index (κ1) is 15.8. The lowest BCUT2D eigenvalue weighted by Gasteiger charge is -2.33. The molecule has 1 aliphatic heterocycles. The van der Waals surface area contributed by atoms with Crippen LogP contribution in [0, 0.1) is 27.4 Å². The van der Waals surface area contributed by atoms with Crippen molar-refractivity contribution in [1.29, 1.82) is 5.26 Å². The highest BCUT2D eigenvalue weighted by Gasteiger charge is 2.27. The van der Waals surface area contributed by atoms with Crippen molar-refractivity contribution in [3.05, 3.63) is 33.9 Å². The van der Waals surface area contributed by atoms with Crippen LogP contribution in [0.4, 0.5) is 11.4 Å². The van der Waals surface area contributed by atoms with Gasteiger partial charge in [0.2, 0.25) is 0 Å². The summed E-state index contributed by atoms with van der Waals surface area (Å²) in [6.07, 6.45) is 1.31. The molecule has 0 saturated carbocycles. The van der Waals surface area contributed by atoms with Gasteiger partial charge in [0.05, 0.1) is 28.7 Å². The number of nitrogens with zero attached hydrogens (tertiary/aromatic N) is 3. The molecule has 0 aliphatic carbocycles. The van der Waals surface area contributed by atoms with E-state index in [4.69, 9.17) is 4.74 Å². The minimum Gasteiger partial charge on any atom is -0.466 e. The first-order valence-electron chi connectivity index (χ1n) is 7.17. The highest BCUT2D eigenvalue weighted by molar-refractivity contribution is 5.73. The second kappa shape index (κ2) is 6.89. The van der Waals surface area contributed by atoms with Crippen LogP contribution >= 0.6 is 0 Å². The molecule has 116 valence electrons. The molecule has 0 atom stereocenters. The summed E-state index contributed by atoms with van der Waals surface area (Å²) in [6, 6.07) is 6.28. The molecule has 2 rings (SSSR count). The summed E-state index contributed by atoms with van der Waals surface area (Å²) < 4.78 is 5.02. The van der Waals surface area contributed by atoms with Crippen molar-refractivity contribution < 1.29 is 14.5 Å². The third-order valence-corrected chi connectivity index (χ3v) is 3.77. The molecular weight excluding hydrogens is 286 g/mol. The average Bonchev–Trinajstić information content (AvgIpc) is 2.54. The number of ether oxygens (including phenoxy) is 1. The Hall–Kier alpha value is -2.62. The maximum Gasteiger partial charge on any atom is 0.309 e. The van der Waals surface area contributed by atoms with Gasteiger partial charge in [0.25, 0.3) is 5.69 Å². The second-order valence-electron chi connectivity index (χ2n) is 5.08. The van der Waals surface area contributed by atoms with E-state index in [0.29, 0.717) is 38.2 Å². The van der Waals surface area contributed by atoms with Crippen LogP contribution in [0.5, 0.6) is 0 Å². The van der Waals surface area contributed by atoms with E-state index in [2.05, 4.69) is 0 Å². The van der Waals surface area contributed by atoms with Crippen LogP contribution in [0.25, 0.3) is 0 Å². The van der Waals surface area contributed by atoms with Crippen molar-refractivity contribution in [3.63, 3.8) is 0 Å². The molecule has 1 fully saturated rings. The van der Waals surface area contributed by atoms with Gasteiger partial charge in [-0.05, 0) is 25.8 Å². The van der Waals surface area contributed by atoms with E-state index in [1.54, 1.807) is 13.0 Å². The maximum absolute atomic E-state index is 11.7. The molecule has 1 aromatic carbocycles. The Labute approximate surface area is 128 Å². The quantitative estimate of drug-likeness (QED) is 0.481. The van der Waals surface area contributed by atoms with Crippen molar-refractivity contribution >= 4 is 17.3 Å². The number of nitro groups is 1. The fourth-order valence-electron chi connectivity index (χ4n) is 2.62. The normalized spacial score (nSPS) is 15.2. The van der Waals surface area contributed by atoms with Gasteiger partial charge in [-0.3, -0.25) is 14.9 Å². The average molecular weight is 303 g/mol. The molecule has 0 bridgehead atoms. The Kier molecular flexibility index (Phi) is 4.94. The summed E-state index contributed by atoms with van der Waals surface area (Å²) in [7, 11) is 0. The number of carbonyl (C=O) groups is 1. The van der Waals surface area contributed by atoms with Crippen LogP contribution in [0.1, 0.15) is 25.3 Å². The number of carbonyl (C=O) groups excluding carboxylic acids is 1. The molecule has 22 heavy (non-hydrogen) atoms. The van der Waals surface area contributed by atoms with Gasteiger partial charge in [-0.2, -0.15) is 5.26 Å². The lowest BCUT2D eigenvalue weighted by Crippen LogP contribution is -2.37. The number of nitro benzene ring substituents is 1. The summed E-state index contributed by atoms with van der Waals surface area (Å²) in [5.74, 6) is -0.286. The maximum atomic E-state index is 11.7. The lowest BCUT2D eigenvalue weighted by atomic mass is 9.96. The Morgan fingerprint density at radius 3 is 2.73 bits per heavy atom. The summed E-state index contributed by atoms with van der Waals surface area (Å²) in [6.45, 7) is 3.40. The van der Waals surface area contributed by atoms with E-state index >= 15 is 0 Å². The number of piperidine rings is 1. The van der Waals surface area contributed by atoms with Gasteiger partial charge in [0.1, 0.15) is 6.07 Å². The number of hydrogen-bond acceptors (Lipinski definition) is 6. The van der Waals surface area contributed by atoms with E-state index in [-0.39, 0.29) is 23.1 Å². The van der Waals surface area contributed by atoms with Crippen molar-refractivity contribution in [1.82, 2.24) is 0 Å². The number of esters is 1. The van der Waals surface area contributed by atoms with Crippen LogP contribution in [-0.4, -0.2) is 30.6 Å². The third kappa shape index (κ3) is 3.34. The zero-order valence-electron chi connectivity index (χ0n) is 12.3. The van der Waals surface area contributed by atoms with Gasteiger partial charge in [-0.25, -0.2) is 0 Å². The van der Waals surface area contributed by atoms with Crippen molar-refractivity contribution in [2.24, 2.45) is 5.92 Å². The smallest absolute Gasteiger partial charge is 0.309 e. The van der Waals surface area contributed by atoms with E-state index < -0.39 is 4.92 Å². The molecular formula is C15H17N3O4. The number of anilines is 1. The highest BCUT2D eigenvalue weighted by atomic mass is 16.6. The van der Waals surface area contributed by atoms with Gasteiger partial charge < -0.3 is 9.64 Å². The molecule has 0 N–H and O–H groups in total. The summed E-state index contributed by atoms with van der Waals surface area (Å²) in [4.78, 5) is 24.0. The van der Waals surface area contributed by atoms with Crippen LogP contribution in [-0.2, 0) is 9.53 Å². The third-order valence-electron chi connectivity index (χ3n) is 3.77. The van der Waals surface area contributed by atoms with Crippen LogP contribution in [0.2, 0.25) is 0 Å². The first-order valence-corrected chi connectivity index (χ1v) is 7.17. The SMILES string of the molecule is CCOC(=O)C1CCN(c2ccc([N+](=O)[O-])cc2C#N)CC1. The summed E-state index contributed by atoms with van der Waals surface area (Å²) >= 11 is 0. The van der Waals surface area contributed by atoms with Gasteiger partial charge in [0, 0.05) is 25.2 Å². The largest absolute Gasteiger partial charge is 0.466 e. The number of benzene rings is 1. The zero-order chi connectivity index (χ0) is 16.1. The molecule has 0 aromatic heterocycles. The molecule has 1 heterocycles. The minimum atomic E-state index is -0.516. The summed E-state index contributed by atoms with van der Waals surface area (Å²) in [5, 5.41) is 20.0. The van der Waals surface area contributed by atoms with Gasteiger partial charge in [-0.1, -0.05) is 0 Å². The van der Waals surface area contributed by atoms with E-state index in [1.807, 2.05) is 11.0 Å². The van der Waals surface area contributed by atoms with Crippen molar-refractivity contribution in [2.45, 2.75) is 19.8 Å². The molecule has 7 heteroatoms. The monoisotopic (exact) mass is 303 g/mol. The molecule has 1 aromatic rings. The summed E-state index contributed by atoms with van der Waals surface area (Å²) in [5.41, 5.74) is 0.862. The number of rotatable bonds is 4. The fraction of sp³-hybridized carbons (Fsp3) is 0.467. The number of nitriles is 1. The molecule has 1 aliphatic rings. The standard InChI is InChI=1S/C15H17N3O4/c1-2-22-15(19)11-5-7-17(8-6-11)14-4-3-13(18(20)21)9-12(14)10-16/h3-4,9,11H,2,5-8H2,1H3. The van der Waals surface area contributed by atoms with Crippen molar-refractivity contribution in [2.75, 3.05) is 24.6 Å². The Balaban J connectivity index is 2.10. The predicted molar refractivity (Wildman–Crippen MR) is 79.4 cm³/mol. The molecule has 0 unspecified atom stereocenters. The Morgan fingerprint density at radius 2 is 2.18 bits per heavy atom. The second-order valence-corrected chi connectivity index (χ2v) is 5.08. The van der Waals surface area contributed by atoms with Crippen LogP contribution in [0.3, 0.4) is 0 Å². The van der Waals surface area contributed by atoms with Crippen molar-refractivity contribution in [3.8, 4) is 6.07 Å².